The van der Waals surface area contributed by atoms with Gasteiger partial charge < -0.3 is 19.3 Å². The summed E-state index contributed by atoms with van der Waals surface area (Å²) >= 11 is 6.19. The van der Waals surface area contributed by atoms with Gasteiger partial charge in [0, 0.05) is 6.42 Å². The fraction of sp³-hybridized carbons (Fsp3) is 0.462. The first-order chi connectivity index (χ1) is 9.04. The number of hydrogen-bond donors (Lipinski definition) is 1. The monoisotopic (exact) mass is 288 g/mol. The van der Waals surface area contributed by atoms with E-state index in [9.17, 15) is 4.79 Å². The molecule has 19 heavy (non-hydrogen) atoms. The first-order valence-corrected chi connectivity index (χ1v) is 6.12. The highest BCUT2D eigenvalue weighted by molar-refractivity contribution is 6.34. The second kappa shape index (κ2) is 7.09. The Labute approximate surface area is 117 Å². The molecule has 0 atom stereocenters. The third-order valence-electron chi connectivity index (χ3n) is 2.68. The van der Waals surface area contributed by atoms with Crippen LogP contribution in [0.3, 0.4) is 0 Å². The summed E-state index contributed by atoms with van der Waals surface area (Å²) in [6.45, 7) is 0. The van der Waals surface area contributed by atoms with Crippen LogP contribution in [-0.4, -0.2) is 32.4 Å². The van der Waals surface area contributed by atoms with Crippen LogP contribution < -0.4 is 14.2 Å². The SMILES string of the molecule is COc1cc(CCCC(=O)O)c(OC)c(Cl)c1OC. The lowest BCUT2D eigenvalue weighted by atomic mass is 10.1. The van der Waals surface area contributed by atoms with Crippen LogP contribution in [-0.2, 0) is 11.2 Å². The molecule has 0 aliphatic carbocycles. The lowest BCUT2D eigenvalue weighted by Gasteiger charge is -2.16. The molecular formula is C13H17ClO5. The number of carbonyl (C=O) groups is 1. The fourth-order valence-corrected chi connectivity index (χ4v) is 2.19. The van der Waals surface area contributed by atoms with Crippen molar-refractivity contribution in [2.75, 3.05) is 21.3 Å². The molecule has 5 nitrogen and oxygen atoms in total. The van der Waals surface area contributed by atoms with Gasteiger partial charge in [-0.3, -0.25) is 4.79 Å². The standard InChI is InChI=1S/C13H17ClO5/c1-17-9-7-8(5-4-6-10(15)16)12(18-2)11(14)13(9)19-3/h7H,4-6H2,1-3H3,(H,15,16). The highest BCUT2D eigenvalue weighted by Crippen LogP contribution is 2.44. The molecule has 1 aromatic carbocycles. The molecule has 0 aromatic heterocycles. The Morgan fingerprint density at radius 2 is 1.84 bits per heavy atom. The van der Waals surface area contributed by atoms with Crippen LogP contribution >= 0.6 is 11.6 Å². The summed E-state index contributed by atoms with van der Waals surface area (Å²) in [7, 11) is 4.52. The average Bonchev–Trinajstić information content (AvgIpc) is 2.37. The van der Waals surface area contributed by atoms with Crippen LogP contribution in [0.15, 0.2) is 6.07 Å². The molecule has 0 saturated carbocycles. The van der Waals surface area contributed by atoms with E-state index < -0.39 is 5.97 Å². The predicted octanol–water partition coefficient (Wildman–Crippen LogP) is 2.77. The van der Waals surface area contributed by atoms with Crippen LogP contribution in [0.2, 0.25) is 5.02 Å². The first kappa shape index (κ1) is 15.4. The Morgan fingerprint density at radius 3 is 2.32 bits per heavy atom. The number of halogens is 1. The van der Waals surface area contributed by atoms with Crippen molar-refractivity contribution in [1.82, 2.24) is 0 Å². The van der Waals surface area contributed by atoms with E-state index in [0.29, 0.717) is 35.1 Å². The minimum absolute atomic E-state index is 0.0924. The van der Waals surface area contributed by atoms with Gasteiger partial charge in [-0.1, -0.05) is 11.6 Å². The Kier molecular flexibility index (Phi) is 5.76. The summed E-state index contributed by atoms with van der Waals surface area (Å²) in [4.78, 5) is 10.5. The van der Waals surface area contributed by atoms with E-state index >= 15 is 0 Å². The summed E-state index contributed by atoms with van der Waals surface area (Å²) in [5.41, 5.74) is 0.798. The molecule has 0 heterocycles. The van der Waals surface area contributed by atoms with Crippen LogP contribution in [0.25, 0.3) is 0 Å². The van der Waals surface area contributed by atoms with Crippen molar-refractivity contribution in [2.45, 2.75) is 19.3 Å². The Bertz CT molecular complexity index is 459. The zero-order valence-corrected chi connectivity index (χ0v) is 11.9. The number of carboxylic acid groups (broad SMARTS) is 1. The van der Waals surface area contributed by atoms with Crippen LogP contribution in [0, 0.1) is 0 Å². The lowest BCUT2D eigenvalue weighted by Crippen LogP contribution is -2.01. The second-order valence-corrected chi connectivity index (χ2v) is 4.24. The van der Waals surface area contributed by atoms with E-state index in [-0.39, 0.29) is 6.42 Å². The molecule has 0 aliphatic heterocycles. The number of aliphatic carboxylic acids is 1. The molecule has 0 spiro atoms. The van der Waals surface area contributed by atoms with Crippen molar-refractivity contribution in [3.05, 3.63) is 16.7 Å². The van der Waals surface area contributed by atoms with Gasteiger partial charge in [0.2, 0.25) is 0 Å². The van der Waals surface area contributed by atoms with Crippen molar-refractivity contribution in [2.24, 2.45) is 0 Å². The van der Waals surface area contributed by atoms with Crippen molar-refractivity contribution < 1.29 is 24.1 Å². The highest BCUT2D eigenvalue weighted by Gasteiger charge is 2.18. The van der Waals surface area contributed by atoms with E-state index in [0.717, 1.165) is 5.56 Å². The van der Waals surface area contributed by atoms with E-state index in [1.165, 1.54) is 21.3 Å². The number of benzene rings is 1. The Balaban J connectivity index is 3.08. The lowest BCUT2D eigenvalue weighted by molar-refractivity contribution is -0.137. The minimum atomic E-state index is -0.828. The first-order valence-electron chi connectivity index (χ1n) is 5.74. The van der Waals surface area contributed by atoms with Crippen LogP contribution in [0.4, 0.5) is 0 Å². The maximum absolute atomic E-state index is 10.5. The molecule has 0 aliphatic rings. The van der Waals surface area contributed by atoms with Crippen molar-refractivity contribution in [3.8, 4) is 17.2 Å². The maximum Gasteiger partial charge on any atom is 0.303 e. The molecule has 1 rings (SSSR count). The van der Waals surface area contributed by atoms with Crippen molar-refractivity contribution in [1.29, 1.82) is 0 Å². The van der Waals surface area contributed by atoms with Gasteiger partial charge in [0.25, 0.3) is 0 Å². The molecule has 1 aromatic rings. The molecule has 0 fully saturated rings. The topological polar surface area (TPSA) is 65.0 Å². The maximum atomic E-state index is 10.5. The zero-order chi connectivity index (χ0) is 14.4. The molecular weight excluding hydrogens is 272 g/mol. The van der Waals surface area contributed by atoms with Crippen LogP contribution in [0.1, 0.15) is 18.4 Å². The Morgan fingerprint density at radius 1 is 1.21 bits per heavy atom. The number of aryl methyl sites for hydroxylation is 1. The van der Waals surface area contributed by atoms with E-state index in [2.05, 4.69) is 0 Å². The Hall–Kier alpha value is -1.62. The summed E-state index contributed by atoms with van der Waals surface area (Å²) in [6.07, 6.45) is 1.13. The third-order valence-corrected chi connectivity index (χ3v) is 3.03. The van der Waals surface area contributed by atoms with Crippen molar-refractivity contribution in [3.63, 3.8) is 0 Å². The molecule has 1 N–H and O–H groups in total. The van der Waals surface area contributed by atoms with Crippen LogP contribution in [0.5, 0.6) is 17.2 Å². The van der Waals surface area contributed by atoms with Gasteiger partial charge in [0.15, 0.2) is 11.5 Å². The molecule has 6 heteroatoms. The number of hydrogen-bond acceptors (Lipinski definition) is 4. The third kappa shape index (κ3) is 3.67. The number of ether oxygens (including phenoxy) is 3. The van der Waals surface area contributed by atoms with E-state index in [1.54, 1.807) is 6.07 Å². The summed E-state index contributed by atoms with van der Waals surface area (Å²) in [6, 6.07) is 1.76. The molecule has 106 valence electrons. The van der Waals surface area contributed by atoms with Gasteiger partial charge in [0.1, 0.15) is 10.8 Å². The normalized spacial score (nSPS) is 10.1. The van der Waals surface area contributed by atoms with Gasteiger partial charge in [0.05, 0.1) is 21.3 Å². The number of rotatable bonds is 7. The number of carboxylic acids is 1. The van der Waals surface area contributed by atoms with Gasteiger partial charge in [-0.2, -0.15) is 0 Å². The average molecular weight is 289 g/mol. The molecule has 0 unspecified atom stereocenters. The van der Waals surface area contributed by atoms with Gasteiger partial charge in [-0.05, 0) is 24.5 Å². The second-order valence-electron chi connectivity index (χ2n) is 3.87. The van der Waals surface area contributed by atoms with E-state index in [4.69, 9.17) is 30.9 Å². The van der Waals surface area contributed by atoms with Gasteiger partial charge >= 0.3 is 5.97 Å². The molecule has 0 bridgehead atoms. The highest BCUT2D eigenvalue weighted by atomic mass is 35.5. The zero-order valence-electron chi connectivity index (χ0n) is 11.2. The quantitative estimate of drug-likeness (QED) is 0.836. The largest absolute Gasteiger partial charge is 0.495 e. The summed E-state index contributed by atoms with van der Waals surface area (Å²) < 4.78 is 15.6. The smallest absolute Gasteiger partial charge is 0.303 e. The van der Waals surface area contributed by atoms with Gasteiger partial charge in [-0.25, -0.2) is 0 Å². The van der Waals surface area contributed by atoms with Crippen molar-refractivity contribution >= 4 is 17.6 Å². The summed E-state index contributed by atoms with van der Waals surface area (Å²) in [5, 5.41) is 8.98. The molecule has 0 amide bonds. The molecule has 0 radical (unpaired) electrons. The van der Waals surface area contributed by atoms with E-state index in [1.807, 2.05) is 0 Å². The number of methoxy groups -OCH3 is 3. The molecule has 0 saturated heterocycles. The summed E-state index contributed by atoms with van der Waals surface area (Å²) in [5.74, 6) is 0.567. The minimum Gasteiger partial charge on any atom is -0.495 e. The predicted molar refractivity (Wildman–Crippen MR) is 71.7 cm³/mol. The van der Waals surface area contributed by atoms with Gasteiger partial charge in [-0.15, -0.1) is 0 Å². The fourth-order valence-electron chi connectivity index (χ4n) is 1.82.